The Hall–Kier alpha value is -1.32. The van der Waals surface area contributed by atoms with E-state index in [2.05, 4.69) is 17.2 Å². The van der Waals surface area contributed by atoms with E-state index in [4.69, 9.17) is 16.7 Å². The fraction of sp³-hybridized carbons (Fsp3) is 0.214. The number of thiophene rings is 2. The first kappa shape index (κ1) is 15.1. The Morgan fingerprint density at radius 1 is 1.55 bits per heavy atom. The third-order valence-electron chi connectivity index (χ3n) is 2.52. The van der Waals surface area contributed by atoms with Crippen molar-refractivity contribution in [1.82, 2.24) is 5.32 Å². The maximum Gasteiger partial charge on any atom is 0.252 e. The zero-order chi connectivity index (χ0) is 14.5. The van der Waals surface area contributed by atoms with E-state index in [0.717, 1.165) is 9.75 Å². The highest BCUT2D eigenvalue weighted by molar-refractivity contribution is 7.16. The van der Waals surface area contributed by atoms with Gasteiger partial charge in [0.2, 0.25) is 0 Å². The minimum atomic E-state index is -0.185. The van der Waals surface area contributed by atoms with E-state index in [0.29, 0.717) is 9.90 Å². The van der Waals surface area contributed by atoms with Crippen LogP contribution in [-0.2, 0) is 0 Å². The van der Waals surface area contributed by atoms with E-state index in [9.17, 15) is 4.79 Å². The molecule has 0 saturated carbocycles. The molecule has 0 fully saturated rings. The molecule has 0 spiro atoms. The van der Waals surface area contributed by atoms with Crippen LogP contribution in [0.4, 0.5) is 0 Å². The number of amides is 1. The maximum absolute atomic E-state index is 12.1. The van der Waals surface area contributed by atoms with E-state index in [1.807, 2.05) is 19.1 Å². The van der Waals surface area contributed by atoms with Crippen LogP contribution in [0.25, 0.3) is 0 Å². The number of hydrogen-bond donors (Lipinski definition) is 2. The van der Waals surface area contributed by atoms with Crippen LogP contribution in [0.15, 0.2) is 23.6 Å². The number of halogens is 1. The van der Waals surface area contributed by atoms with Crippen molar-refractivity contribution in [3.63, 3.8) is 0 Å². The molecule has 0 aliphatic carbocycles. The third-order valence-corrected chi connectivity index (χ3v) is 4.78. The Labute approximate surface area is 130 Å². The van der Waals surface area contributed by atoms with Gasteiger partial charge in [0.05, 0.1) is 20.8 Å². The molecule has 1 atom stereocenters. The SMILES string of the molecule is CC(NC(=O)c1csc(C#CCO)c1)c1ccc(Cl)s1. The fourth-order valence-electron chi connectivity index (χ4n) is 1.56. The van der Waals surface area contributed by atoms with Gasteiger partial charge >= 0.3 is 0 Å². The van der Waals surface area contributed by atoms with Crippen molar-refractivity contribution in [2.45, 2.75) is 13.0 Å². The molecule has 0 aromatic carbocycles. The molecule has 2 aromatic heterocycles. The van der Waals surface area contributed by atoms with E-state index in [1.54, 1.807) is 11.4 Å². The molecule has 0 bridgehead atoms. The lowest BCUT2D eigenvalue weighted by atomic mass is 10.2. The molecule has 2 aromatic rings. The van der Waals surface area contributed by atoms with Crippen LogP contribution in [-0.4, -0.2) is 17.6 Å². The molecular formula is C14H12ClNO2S2. The second kappa shape index (κ2) is 6.91. The number of nitrogens with one attached hydrogen (secondary N) is 1. The van der Waals surface area contributed by atoms with E-state index in [1.165, 1.54) is 22.7 Å². The Kier molecular flexibility index (Phi) is 5.21. The van der Waals surface area contributed by atoms with Crippen LogP contribution in [0.3, 0.4) is 0 Å². The second-order valence-corrected chi connectivity index (χ2v) is 6.65. The number of hydrogen-bond acceptors (Lipinski definition) is 4. The maximum atomic E-state index is 12.1. The first-order chi connectivity index (χ1) is 9.60. The highest BCUT2D eigenvalue weighted by atomic mass is 35.5. The van der Waals surface area contributed by atoms with Gasteiger partial charge in [-0.1, -0.05) is 23.4 Å². The van der Waals surface area contributed by atoms with Gasteiger partial charge in [0.15, 0.2) is 0 Å². The number of aliphatic hydroxyl groups excluding tert-OH is 1. The van der Waals surface area contributed by atoms with Gasteiger partial charge in [0.1, 0.15) is 6.61 Å². The van der Waals surface area contributed by atoms with Crippen molar-refractivity contribution in [2.75, 3.05) is 6.61 Å². The van der Waals surface area contributed by atoms with Gasteiger partial charge in [-0.3, -0.25) is 4.79 Å². The predicted octanol–water partition coefficient (Wildman–Crippen LogP) is 3.30. The van der Waals surface area contributed by atoms with Crippen molar-refractivity contribution >= 4 is 40.2 Å². The summed E-state index contributed by atoms with van der Waals surface area (Å²) in [6.45, 7) is 1.73. The number of carbonyl (C=O) groups excluding carboxylic acids is 1. The molecule has 104 valence electrons. The van der Waals surface area contributed by atoms with Crippen LogP contribution in [0.5, 0.6) is 0 Å². The molecule has 2 heterocycles. The molecule has 3 nitrogen and oxygen atoms in total. The average Bonchev–Trinajstić information content (AvgIpc) is 3.05. The van der Waals surface area contributed by atoms with Crippen molar-refractivity contribution in [3.8, 4) is 11.8 Å². The van der Waals surface area contributed by atoms with E-state index in [-0.39, 0.29) is 18.6 Å². The van der Waals surface area contributed by atoms with Crippen LogP contribution < -0.4 is 5.32 Å². The van der Waals surface area contributed by atoms with Crippen molar-refractivity contribution < 1.29 is 9.90 Å². The molecule has 0 saturated heterocycles. The summed E-state index contributed by atoms with van der Waals surface area (Å²) >= 11 is 8.72. The summed E-state index contributed by atoms with van der Waals surface area (Å²) < 4.78 is 0.707. The number of aliphatic hydroxyl groups is 1. The highest BCUT2D eigenvalue weighted by Gasteiger charge is 2.14. The zero-order valence-corrected chi connectivity index (χ0v) is 13.0. The molecular weight excluding hydrogens is 314 g/mol. The topological polar surface area (TPSA) is 49.3 Å². The lowest BCUT2D eigenvalue weighted by molar-refractivity contribution is 0.0941. The lowest BCUT2D eigenvalue weighted by Gasteiger charge is -2.11. The van der Waals surface area contributed by atoms with Gasteiger partial charge in [-0.2, -0.15) is 0 Å². The van der Waals surface area contributed by atoms with Crippen LogP contribution in [0.1, 0.15) is 33.1 Å². The average molecular weight is 326 g/mol. The summed E-state index contributed by atoms with van der Waals surface area (Å²) in [6, 6.07) is 5.35. The first-order valence-corrected chi connectivity index (χ1v) is 7.92. The van der Waals surface area contributed by atoms with Crippen LogP contribution in [0.2, 0.25) is 4.34 Å². The van der Waals surface area contributed by atoms with Gasteiger partial charge in [-0.15, -0.1) is 22.7 Å². The summed E-state index contributed by atoms with van der Waals surface area (Å²) in [5.74, 6) is 5.20. The van der Waals surface area contributed by atoms with Crippen LogP contribution >= 0.6 is 34.3 Å². The molecule has 2 rings (SSSR count). The summed E-state index contributed by atoms with van der Waals surface area (Å²) in [6.07, 6.45) is 0. The molecule has 1 amide bonds. The van der Waals surface area contributed by atoms with Crippen molar-refractivity contribution in [1.29, 1.82) is 0 Å². The van der Waals surface area contributed by atoms with Gasteiger partial charge in [0, 0.05) is 10.3 Å². The summed E-state index contributed by atoms with van der Waals surface area (Å²) in [7, 11) is 0. The number of rotatable bonds is 3. The second-order valence-electron chi connectivity index (χ2n) is 4.00. The minimum absolute atomic E-state index is 0.0909. The molecule has 1 unspecified atom stereocenters. The van der Waals surface area contributed by atoms with Gasteiger partial charge in [-0.05, 0) is 25.1 Å². The Balaban J connectivity index is 2.02. The van der Waals surface area contributed by atoms with Gasteiger partial charge in [-0.25, -0.2) is 0 Å². The Bertz CT molecular complexity index is 666. The molecule has 6 heteroatoms. The largest absolute Gasteiger partial charge is 0.384 e. The van der Waals surface area contributed by atoms with Gasteiger partial charge in [0.25, 0.3) is 5.91 Å². The van der Waals surface area contributed by atoms with E-state index >= 15 is 0 Å². The summed E-state index contributed by atoms with van der Waals surface area (Å²) in [4.78, 5) is 13.9. The highest BCUT2D eigenvalue weighted by Crippen LogP contribution is 2.27. The Morgan fingerprint density at radius 2 is 2.35 bits per heavy atom. The minimum Gasteiger partial charge on any atom is -0.384 e. The zero-order valence-electron chi connectivity index (χ0n) is 10.6. The predicted molar refractivity (Wildman–Crippen MR) is 83.5 cm³/mol. The molecule has 0 aliphatic rings. The van der Waals surface area contributed by atoms with Crippen molar-refractivity contribution in [2.24, 2.45) is 0 Å². The molecule has 0 aliphatic heterocycles. The first-order valence-electron chi connectivity index (χ1n) is 5.84. The lowest BCUT2D eigenvalue weighted by Crippen LogP contribution is -2.25. The smallest absolute Gasteiger partial charge is 0.252 e. The van der Waals surface area contributed by atoms with Gasteiger partial charge < -0.3 is 10.4 Å². The summed E-state index contributed by atoms with van der Waals surface area (Å²) in [5.41, 5.74) is 0.576. The fourth-order valence-corrected chi connectivity index (χ4v) is 3.38. The van der Waals surface area contributed by atoms with E-state index < -0.39 is 0 Å². The normalized spacial score (nSPS) is 11.6. The molecule has 0 radical (unpaired) electrons. The van der Waals surface area contributed by atoms with Crippen LogP contribution in [0, 0.1) is 11.8 Å². The monoisotopic (exact) mass is 325 g/mol. The number of carbonyl (C=O) groups is 1. The quantitative estimate of drug-likeness (QED) is 0.851. The third kappa shape index (κ3) is 3.84. The Morgan fingerprint density at radius 3 is 3.00 bits per heavy atom. The molecule has 2 N–H and O–H groups in total. The summed E-state index contributed by atoms with van der Waals surface area (Å²) in [5, 5.41) is 13.3. The standard InChI is InChI=1S/C14H12ClNO2S2/c1-9(12-4-5-13(15)20-12)16-14(18)10-7-11(19-8-10)3-2-6-17/h4-5,7-9,17H,6H2,1H3,(H,16,18). The molecule has 20 heavy (non-hydrogen) atoms. The van der Waals surface area contributed by atoms with Crippen molar-refractivity contribution in [3.05, 3.63) is 43.2 Å².